The third kappa shape index (κ3) is 2.30. The minimum absolute atomic E-state index is 0.675. The Labute approximate surface area is 110 Å². The molecule has 0 saturated heterocycles. The van der Waals surface area contributed by atoms with Crippen LogP contribution < -0.4 is 15.8 Å². The van der Waals surface area contributed by atoms with E-state index in [0.29, 0.717) is 11.6 Å². The topological polar surface area (TPSA) is 76.0 Å². The van der Waals surface area contributed by atoms with Gasteiger partial charge in [0, 0.05) is 17.4 Å². The fraction of sp³-hybridized carbons (Fsp3) is 0.0714. The Balaban J connectivity index is 1.92. The molecule has 96 valence electrons. The number of hydrogen-bond acceptors (Lipinski definition) is 4. The van der Waals surface area contributed by atoms with Gasteiger partial charge in [0.05, 0.1) is 18.1 Å². The number of hydrogen-bond donors (Lipinski definition) is 3. The lowest BCUT2D eigenvalue weighted by molar-refractivity contribution is 0.415. The summed E-state index contributed by atoms with van der Waals surface area (Å²) < 4.78 is 5.18. The number of fused-ring (bicyclic) bond motifs is 1. The maximum atomic E-state index is 5.73. The zero-order valence-electron chi connectivity index (χ0n) is 10.5. The van der Waals surface area contributed by atoms with E-state index in [2.05, 4.69) is 15.3 Å². The summed E-state index contributed by atoms with van der Waals surface area (Å²) in [6.45, 7) is 0. The van der Waals surface area contributed by atoms with E-state index >= 15 is 0 Å². The second kappa shape index (κ2) is 4.53. The van der Waals surface area contributed by atoms with Crippen molar-refractivity contribution in [2.75, 3.05) is 18.2 Å². The number of nitrogens with one attached hydrogen (secondary N) is 2. The molecular weight excluding hydrogens is 240 g/mol. The zero-order chi connectivity index (χ0) is 13.2. The zero-order valence-corrected chi connectivity index (χ0v) is 10.5. The van der Waals surface area contributed by atoms with Gasteiger partial charge in [0.25, 0.3) is 0 Å². The van der Waals surface area contributed by atoms with Gasteiger partial charge in [-0.15, -0.1) is 0 Å². The van der Waals surface area contributed by atoms with Gasteiger partial charge >= 0.3 is 0 Å². The molecule has 0 aliphatic carbocycles. The second-order valence-electron chi connectivity index (χ2n) is 4.22. The van der Waals surface area contributed by atoms with Crippen LogP contribution >= 0.6 is 0 Å². The first-order chi connectivity index (χ1) is 9.24. The number of nitrogens with zero attached hydrogens (tertiary/aromatic N) is 1. The van der Waals surface area contributed by atoms with Crippen molar-refractivity contribution in [1.29, 1.82) is 0 Å². The number of benzene rings is 2. The number of nitrogens with two attached hydrogens (primary N) is 1. The van der Waals surface area contributed by atoms with Gasteiger partial charge < -0.3 is 20.8 Å². The molecule has 5 nitrogen and oxygen atoms in total. The van der Waals surface area contributed by atoms with E-state index in [1.807, 2.05) is 42.5 Å². The molecule has 3 aromatic rings. The highest BCUT2D eigenvalue weighted by Crippen LogP contribution is 2.22. The molecule has 0 saturated carbocycles. The first-order valence-corrected chi connectivity index (χ1v) is 5.91. The molecule has 0 amide bonds. The van der Waals surface area contributed by atoms with E-state index < -0.39 is 0 Å². The number of methoxy groups -OCH3 is 1. The molecule has 1 heterocycles. The van der Waals surface area contributed by atoms with Crippen molar-refractivity contribution in [3.8, 4) is 5.75 Å². The number of rotatable bonds is 3. The van der Waals surface area contributed by atoms with Gasteiger partial charge in [-0.05, 0) is 30.3 Å². The molecule has 0 fully saturated rings. The Kier molecular flexibility index (Phi) is 2.72. The van der Waals surface area contributed by atoms with Crippen molar-refractivity contribution in [1.82, 2.24) is 9.97 Å². The molecule has 0 radical (unpaired) electrons. The summed E-state index contributed by atoms with van der Waals surface area (Å²) in [7, 11) is 1.64. The largest absolute Gasteiger partial charge is 0.497 e. The fourth-order valence-corrected chi connectivity index (χ4v) is 1.92. The smallest absolute Gasteiger partial charge is 0.205 e. The van der Waals surface area contributed by atoms with Crippen molar-refractivity contribution in [3.63, 3.8) is 0 Å². The molecule has 5 heteroatoms. The Hall–Kier alpha value is -2.69. The average molecular weight is 254 g/mol. The lowest BCUT2D eigenvalue weighted by atomic mass is 10.3. The van der Waals surface area contributed by atoms with Gasteiger partial charge in [-0.1, -0.05) is 6.07 Å². The Morgan fingerprint density at radius 2 is 2.11 bits per heavy atom. The number of nitrogen functional groups attached to an aromatic ring is 1. The van der Waals surface area contributed by atoms with Crippen LogP contribution in [-0.2, 0) is 0 Å². The number of anilines is 3. The summed E-state index contributed by atoms with van der Waals surface area (Å²) in [6.07, 6.45) is 0. The van der Waals surface area contributed by atoms with Crippen LogP contribution in [0.25, 0.3) is 11.0 Å². The predicted octanol–water partition coefficient (Wildman–Crippen LogP) is 2.90. The van der Waals surface area contributed by atoms with E-state index in [0.717, 1.165) is 22.5 Å². The summed E-state index contributed by atoms with van der Waals surface area (Å²) in [5.74, 6) is 1.47. The standard InChI is InChI=1S/C14H14N4O/c1-19-11-4-2-3-10(8-11)16-14-17-12-6-5-9(15)7-13(12)18-14/h2-8H,15H2,1H3,(H2,16,17,18). The van der Waals surface area contributed by atoms with Crippen molar-refractivity contribution in [2.45, 2.75) is 0 Å². The van der Waals surface area contributed by atoms with Crippen LogP contribution in [0, 0.1) is 0 Å². The molecule has 0 aliphatic rings. The number of aromatic nitrogens is 2. The minimum atomic E-state index is 0.675. The Bertz CT molecular complexity index is 720. The van der Waals surface area contributed by atoms with Crippen LogP contribution in [0.5, 0.6) is 5.75 Å². The van der Waals surface area contributed by atoms with Gasteiger partial charge in [-0.3, -0.25) is 0 Å². The third-order valence-electron chi connectivity index (χ3n) is 2.84. The molecular formula is C14H14N4O. The summed E-state index contributed by atoms with van der Waals surface area (Å²) in [6, 6.07) is 13.3. The second-order valence-corrected chi connectivity index (χ2v) is 4.22. The molecule has 2 aromatic carbocycles. The van der Waals surface area contributed by atoms with E-state index in [1.54, 1.807) is 7.11 Å². The van der Waals surface area contributed by atoms with Crippen LogP contribution in [0.15, 0.2) is 42.5 Å². The molecule has 1 aromatic heterocycles. The number of imidazole rings is 1. The number of H-pyrrole nitrogens is 1. The Morgan fingerprint density at radius 3 is 2.95 bits per heavy atom. The van der Waals surface area contributed by atoms with Crippen LogP contribution in [0.2, 0.25) is 0 Å². The lowest BCUT2D eigenvalue weighted by Crippen LogP contribution is -1.92. The maximum absolute atomic E-state index is 5.73. The van der Waals surface area contributed by atoms with Gasteiger partial charge in [-0.2, -0.15) is 0 Å². The first-order valence-electron chi connectivity index (χ1n) is 5.91. The van der Waals surface area contributed by atoms with Gasteiger partial charge in [0.15, 0.2) is 0 Å². The monoisotopic (exact) mass is 254 g/mol. The van der Waals surface area contributed by atoms with E-state index in [9.17, 15) is 0 Å². The van der Waals surface area contributed by atoms with Gasteiger partial charge in [0.1, 0.15) is 5.75 Å². The summed E-state index contributed by atoms with van der Waals surface area (Å²) in [4.78, 5) is 7.63. The lowest BCUT2D eigenvalue weighted by Gasteiger charge is -2.04. The summed E-state index contributed by atoms with van der Waals surface area (Å²) in [5, 5.41) is 3.20. The van der Waals surface area contributed by atoms with Crippen LogP contribution in [-0.4, -0.2) is 17.1 Å². The number of aromatic amines is 1. The molecule has 0 spiro atoms. The van der Waals surface area contributed by atoms with Crippen LogP contribution in [0.4, 0.5) is 17.3 Å². The number of ether oxygens (including phenoxy) is 1. The highest BCUT2D eigenvalue weighted by Gasteiger charge is 2.03. The highest BCUT2D eigenvalue weighted by atomic mass is 16.5. The fourth-order valence-electron chi connectivity index (χ4n) is 1.92. The van der Waals surface area contributed by atoms with Crippen molar-refractivity contribution in [3.05, 3.63) is 42.5 Å². The molecule has 3 rings (SSSR count). The molecule has 0 unspecified atom stereocenters. The SMILES string of the molecule is COc1cccc(Nc2nc3cc(N)ccc3[nH]2)c1. The first kappa shape index (κ1) is 11.4. The molecule has 4 N–H and O–H groups in total. The summed E-state index contributed by atoms with van der Waals surface area (Å²) in [5.41, 5.74) is 9.12. The van der Waals surface area contributed by atoms with Crippen LogP contribution in [0.1, 0.15) is 0 Å². The van der Waals surface area contributed by atoms with E-state index in [4.69, 9.17) is 10.5 Å². The quantitative estimate of drug-likeness (QED) is 0.628. The molecule has 0 bridgehead atoms. The molecule has 0 aliphatic heterocycles. The van der Waals surface area contributed by atoms with Gasteiger partial charge in [0.2, 0.25) is 5.95 Å². The predicted molar refractivity (Wildman–Crippen MR) is 76.8 cm³/mol. The highest BCUT2D eigenvalue weighted by molar-refractivity contribution is 5.81. The van der Waals surface area contributed by atoms with Crippen molar-refractivity contribution < 1.29 is 4.74 Å². The van der Waals surface area contributed by atoms with Crippen molar-refractivity contribution in [2.24, 2.45) is 0 Å². The van der Waals surface area contributed by atoms with E-state index in [1.165, 1.54) is 0 Å². The van der Waals surface area contributed by atoms with Crippen LogP contribution in [0.3, 0.4) is 0 Å². The van der Waals surface area contributed by atoms with E-state index in [-0.39, 0.29) is 0 Å². The average Bonchev–Trinajstić information content (AvgIpc) is 2.80. The molecule has 0 atom stereocenters. The van der Waals surface area contributed by atoms with Gasteiger partial charge in [-0.25, -0.2) is 4.98 Å². The summed E-state index contributed by atoms with van der Waals surface area (Å²) >= 11 is 0. The van der Waals surface area contributed by atoms with Crippen molar-refractivity contribution >= 4 is 28.4 Å². The minimum Gasteiger partial charge on any atom is -0.497 e. The third-order valence-corrected chi connectivity index (χ3v) is 2.84. The molecule has 19 heavy (non-hydrogen) atoms. The Morgan fingerprint density at radius 1 is 1.21 bits per heavy atom. The maximum Gasteiger partial charge on any atom is 0.205 e. The normalized spacial score (nSPS) is 10.6.